The molecule has 3 nitrogen and oxygen atoms in total. The van der Waals surface area contributed by atoms with Crippen molar-refractivity contribution in [2.45, 2.75) is 20.4 Å². The standard InChI is InChI=1S/C15H15BrN2O/c1-3-18-11(2)13(10-17-18)15(19)9-8-12-6-4-5-7-14(12)16/h4-10H,3H2,1-2H3/b9-8+. The fourth-order valence-electron chi connectivity index (χ4n) is 1.87. The summed E-state index contributed by atoms with van der Waals surface area (Å²) in [6.45, 7) is 4.69. The van der Waals surface area contributed by atoms with E-state index in [1.165, 1.54) is 0 Å². The van der Waals surface area contributed by atoms with E-state index >= 15 is 0 Å². The van der Waals surface area contributed by atoms with Crippen molar-refractivity contribution in [3.8, 4) is 0 Å². The Bertz CT molecular complexity index is 629. The predicted molar refractivity (Wildman–Crippen MR) is 80.1 cm³/mol. The summed E-state index contributed by atoms with van der Waals surface area (Å²) >= 11 is 3.45. The largest absolute Gasteiger partial charge is 0.289 e. The fraction of sp³-hybridized carbons (Fsp3) is 0.200. The predicted octanol–water partition coefficient (Wildman–Crippen LogP) is 3.87. The van der Waals surface area contributed by atoms with E-state index in [2.05, 4.69) is 21.0 Å². The van der Waals surface area contributed by atoms with E-state index in [0.29, 0.717) is 5.56 Å². The molecule has 0 radical (unpaired) electrons. The van der Waals surface area contributed by atoms with Crippen LogP contribution in [0.2, 0.25) is 0 Å². The molecule has 0 amide bonds. The number of aryl methyl sites for hydroxylation is 1. The summed E-state index contributed by atoms with van der Waals surface area (Å²) in [6.07, 6.45) is 5.03. The zero-order valence-electron chi connectivity index (χ0n) is 10.9. The minimum atomic E-state index is -0.0204. The highest BCUT2D eigenvalue weighted by Gasteiger charge is 2.10. The van der Waals surface area contributed by atoms with E-state index in [9.17, 15) is 4.79 Å². The molecule has 0 spiro atoms. The van der Waals surface area contributed by atoms with Gasteiger partial charge in [0.2, 0.25) is 0 Å². The Hall–Kier alpha value is -1.68. The Morgan fingerprint density at radius 2 is 2.16 bits per heavy atom. The Labute approximate surface area is 121 Å². The van der Waals surface area contributed by atoms with Crippen LogP contribution in [0.25, 0.3) is 6.08 Å². The molecule has 0 N–H and O–H groups in total. The van der Waals surface area contributed by atoms with Crippen LogP contribution in [0.1, 0.15) is 28.5 Å². The summed E-state index contributed by atoms with van der Waals surface area (Å²) in [4.78, 5) is 12.1. The molecule has 0 aliphatic rings. The number of hydrogen-bond acceptors (Lipinski definition) is 2. The van der Waals surface area contributed by atoms with Gasteiger partial charge in [-0.15, -0.1) is 0 Å². The molecule has 0 saturated carbocycles. The van der Waals surface area contributed by atoms with Crippen molar-refractivity contribution in [2.24, 2.45) is 0 Å². The topological polar surface area (TPSA) is 34.9 Å². The number of rotatable bonds is 4. The van der Waals surface area contributed by atoms with Crippen molar-refractivity contribution in [3.05, 3.63) is 57.8 Å². The van der Waals surface area contributed by atoms with Crippen LogP contribution in [-0.4, -0.2) is 15.6 Å². The molecule has 2 aromatic rings. The lowest BCUT2D eigenvalue weighted by Crippen LogP contribution is -2.01. The first-order valence-corrected chi connectivity index (χ1v) is 6.92. The van der Waals surface area contributed by atoms with E-state index in [4.69, 9.17) is 0 Å². The van der Waals surface area contributed by atoms with E-state index in [1.54, 1.807) is 12.3 Å². The molecule has 0 fully saturated rings. The van der Waals surface area contributed by atoms with Gasteiger partial charge in [-0.2, -0.15) is 5.10 Å². The van der Waals surface area contributed by atoms with Gasteiger partial charge in [0.15, 0.2) is 5.78 Å². The van der Waals surface area contributed by atoms with Gasteiger partial charge in [-0.3, -0.25) is 9.48 Å². The highest BCUT2D eigenvalue weighted by Crippen LogP contribution is 2.18. The second kappa shape index (κ2) is 5.97. The van der Waals surface area contributed by atoms with Crippen LogP contribution in [0.3, 0.4) is 0 Å². The summed E-state index contributed by atoms with van der Waals surface area (Å²) < 4.78 is 2.79. The molecule has 2 rings (SSSR count). The monoisotopic (exact) mass is 318 g/mol. The molecular formula is C15H15BrN2O. The quantitative estimate of drug-likeness (QED) is 0.633. The number of aromatic nitrogens is 2. The van der Waals surface area contributed by atoms with Crippen LogP contribution in [-0.2, 0) is 6.54 Å². The van der Waals surface area contributed by atoms with Crippen molar-refractivity contribution in [1.82, 2.24) is 9.78 Å². The van der Waals surface area contributed by atoms with Gasteiger partial charge >= 0.3 is 0 Å². The van der Waals surface area contributed by atoms with Crippen LogP contribution in [0.4, 0.5) is 0 Å². The third kappa shape index (κ3) is 3.01. The van der Waals surface area contributed by atoms with Crippen LogP contribution >= 0.6 is 15.9 Å². The lowest BCUT2D eigenvalue weighted by atomic mass is 10.1. The number of carbonyl (C=O) groups excluding carboxylic acids is 1. The van der Waals surface area contributed by atoms with Gasteiger partial charge in [0.05, 0.1) is 11.8 Å². The zero-order chi connectivity index (χ0) is 13.8. The number of halogens is 1. The van der Waals surface area contributed by atoms with Crippen LogP contribution < -0.4 is 0 Å². The molecule has 1 aromatic heterocycles. The summed E-state index contributed by atoms with van der Waals surface area (Å²) in [7, 11) is 0. The van der Waals surface area contributed by atoms with Gasteiger partial charge in [0.1, 0.15) is 0 Å². The maximum Gasteiger partial charge on any atom is 0.189 e. The number of ketones is 1. The van der Waals surface area contributed by atoms with E-state index in [1.807, 2.05) is 48.9 Å². The highest BCUT2D eigenvalue weighted by molar-refractivity contribution is 9.10. The number of nitrogens with zero attached hydrogens (tertiary/aromatic N) is 2. The summed E-state index contributed by atoms with van der Waals surface area (Å²) in [5.41, 5.74) is 2.55. The SMILES string of the molecule is CCn1ncc(C(=O)/C=C/c2ccccc2Br)c1C. The van der Waals surface area contributed by atoms with E-state index < -0.39 is 0 Å². The first-order valence-electron chi connectivity index (χ1n) is 6.12. The molecule has 0 bridgehead atoms. The molecule has 0 saturated heterocycles. The average molecular weight is 319 g/mol. The maximum absolute atomic E-state index is 12.1. The van der Waals surface area contributed by atoms with Gasteiger partial charge in [0.25, 0.3) is 0 Å². The normalized spacial score (nSPS) is 11.1. The molecule has 98 valence electrons. The molecule has 4 heteroatoms. The van der Waals surface area contributed by atoms with Gasteiger partial charge in [-0.05, 0) is 37.6 Å². The number of benzene rings is 1. The first kappa shape index (κ1) is 13.7. The summed E-state index contributed by atoms with van der Waals surface area (Å²) in [6, 6.07) is 7.79. The smallest absolute Gasteiger partial charge is 0.189 e. The van der Waals surface area contributed by atoms with E-state index in [-0.39, 0.29) is 5.78 Å². The Kier molecular flexibility index (Phi) is 4.32. The van der Waals surface area contributed by atoms with E-state index in [0.717, 1.165) is 22.3 Å². The van der Waals surface area contributed by atoms with Crippen molar-refractivity contribution in [1.29, 1.82) is 0 Å². The Morgan fingerprint density at radius 3 is 2.79 bits per heavy atom. The van der Waals surface area contributed by atoms with Crippen molar-refractivity contribution >= 4 is 27.8 Å². The van der Waals surface area contributed by atoms with Gasteiger partial charge in [-0.1, -0.05) is 34.1 Å². The van der Waals surface area contributed by atoms with Gasteiger partial charge in [-0.25, -0.2) is 0 Å². The third-order valence-corrected chi connectivity index (χ3v) is 3.71. The molecule has 0 aliphatic heterocycles. The van der Waals surface area contributed by atoms with Gasteiger partial charge in [0, 0.05) is 16.7 Å². The lowest BCUT2D eigenvalue weighted by molar-refractivity contribution is 0.104. The van der Waals surface area contributed by atoms with Crippen molar-refractivity contribution in [3.63, 3.8) is 0 Å². The summed E-state index contributed by atoms with van der Waals surface area (Å²) in [5, 5.41) is 4.18. The number of carbonyl (C=O) groups is 1. The Morgan fingerprint density at radius 1 is 1.42 bits per heavy atom. The second-order valence-corrected chi connectivity index (χ2v) is 5.03. The highest BCUT2D eigenvalue weighted by atomic mass is 79.9. The fourth-order valence-corrected chi connectivity index (χ4v) is 2.29. The lowest BCUT2D eigenvalue weighted by Gasteiger charge is -2.00. The average Bonchev–Trinajstić information content (AvgIpc) is 2.78. The van der Waals surface area contributed by atoms with Crippen LogP contribution in [0.5, 0.6) is 0 Å². The molecule has 0 unspecified atom stereocenters. The third-order valence-electron chi connectivity index (χ3n) is 2.99. The van der Waals surface area contributed by atoms with Gasteiger partial charge < -0.3 is 0 Å². The zero-order valence-corrected chi connectivity index (χ0v) is 12.5. The molecule has 0 atom stereocenters. The number of hydrogen-bond donors (Lipinski definition) is 0. The molecule has 1 heterocycles. The maximum atomic E-state index is 12.1. The molecule has 0 aliphatic carbocycles. The van der Waals surface area contributed by atoms with Crippen LogP contribution in [0, 0.1) is 6.92 Å². The molecule has 1 aromatic carbocycles. The Balaban J connectivity index is 2.22. The van der Waals surface area contributed by atoms with Crippen molar-refractivity contribution in [2.75, 3.05) is 0 Å². The minimum Gasteiger partial charge on any atom is -0.289 e. The first-order chi connectivity index (χ1) is 9.13. The van der Waals surface area contributed by atoms with Crippen LogP contribution in [0.15, 0.2) is 41.0 Å². The van der Waals surface area contributed by atoms with Crippen molar-refractivity contribution < 1.29 is 4.79 Å². The summed E-state index contributed by atoms with van der Waals surface area (Å²) in [5.74, 6) is -0.0204. The number of allylic oxidation sites excluding steroid dienone is 1. The molecular weight excluding hydrogens is 304 g/mol. The minimum absolute atomic E-state index is 0.0204. The molecule has 19 heavy (non-hydrogen) atoms. The second-order valence-electron chi connectivity index (χ2n) is 4.18.